The van der Waals surface area contributed by atoms with E-state index in [0.717, 1.165) is 12.0 Å². The predicted molar refractivity (Wildman–Crippen MR) is 87.9 cm³/mol. The Balaban J connectivity index is 2.03. The molecule has 0 radical (unpaired) electrons. The van der Waals surface area contributed by atoms with Crippen LogP contribution in [0.1, 0.15) is 55.0 Å². The molecule has 1 atom stereocenters. The number of nitrogens with one attached hydrogen (secondary N) is 1. The lowest BCUT2D eigenvalue weighted by Gasteiger charge is -2.17. The summed E-state index contributed by atoms with van der Waals surface area (Å²) in [4.78, 5) is 16.5. The highest BCUT2D eigenvalue weighted by Gasteiger charge is 2.16. The molecule has 0 aliphatic carbocycles. The number of nitrogens with zero attached hydrogens (tertiary/aromatic N) is 3. The molecule has 6 heteroatoms. The first-order valence-electron chi connectivity index (χ1n) is 7.72. The van der Waals surface area contributed by atoms with Gasteiger partial charge in [0, 0.05) is 12.6 Å². The monoisotopic (exact) mass is 316 g/mol. The first kappa shape index (κ1) is 17.1. The third-order valence-electron chi connectivity index (χ3n) is 3.70. The highest BCUT2D eigenvalue weighted by Crippen LogP contribution is 2.15. The van der Waals surface area contributed by atoms with Crippen molar-refractivity contribution in [3.05, 3.63) is 47.5 Å². The Hall–Kier alpha value is -2.21. The number of aryl methyl sites for hydroxylation is 2. The average molecular weight is 316 g/mol. The molecule has 0 unspecified atom stereocenters. The smallest absolute Gasteiger partial charge is 0.251 e. The summed E-state index contributed by atoms with van der Waals surface area (Å²) in [5.41, 5.74) is 0.927. The summed E-state index contributed by atoms with van der Waals surface area (Å²) < 4.78 is 1.64. The molecule has 1 aromatic heterocycles. The molecule has 2 N–H and O–H groups in total. The number of aliphatic hydroxyl groups is 1. The topological polar surface area (TPSA) is 80.0 Å². The fraction of sp³-hybridized carbons (Fsp3) is 0.471. The average Bonchev–Trinajstić information content (AvgIpc) is 2.91. The molecule has 0 saturated heterocycles. The second kappa shape index (κ2) is 6.91. The van der Waals surface area contributed by atoms with Gasteiger partial charge in [-0.15, -0.1) is 0 Å². The second-order valence-electron chi connectivity index (χ2n) is 6.45. The van der Waals surface area contributed by atoms with E-state index in [1.807, 2.05) is 25.1 Å². The van der Waals surface area contributed by atoms with E-state index in [2.05, 4.69) is 15.4 Å². The molecule has 1 heterocycles. The van der Waals surface area contributed by atoms with Crippen LogP contribution >= 0.6 is 0 Å². The van der Waals surface area contributed by atoms with Crippen molar-refractivity contribution in [2.75, 3.05) is 0 Å². The highest BCUT2D eigenvalue weighted by molar-refractivity contribution is 5.94. The van der Waals surface area contributed by atoms with E-state index < -0.39 is 5.60 Å². The van der Waals surface area contributed by atoms with E-state index in [-0.39, 0.29) is 11.9 Å². The maximum Gasteiger partial charge on any atom is 0.251 e. The van der Waals surface area contributed by atoms with Crippen LogP contribution in [-0.4, -0.2) is 31.4 Å². The van der Waals surface area contributed by atoms with E-state index in [4.69, 9.17) is 0 Å². The van der Waals surface area contributed by atoms with Crippen LogP contribution in [0.15, 0.2) is 30.6 Å². The molecular weight excluding hydrogens is 292 g/mol. The maximum atomic E-state index is 12.4. The normalized spacial score (nSPS) is 12.9. The van der Waals surface area contributed by atoms with Gasteiger partial charge in [-0.05, 0) is 51.3 Å². The van der Waals surface area contributed by atoms with Crippen LogP contribution in [0.5, 0.6) is 0 Å². The number of amides is 1. The quantitative estimate of drug-likeness (QED) is 0.854. The van der Waals surface area contributed by atoms with Crippen molar-refractivity contribution in [2.45, 2.75) is 45.3 Å². The summed E-state index contributed by atoms with van der Waals surface area (Å²) in [5.74, 6) is 0.558. The van der Waals surface area contributed by atoms with Crippen molar-refractivity contribution >= 4 is 5.91 Å². The van der Waals surface area contributed by atoms with E-state index in [0.29, 0.717) is 17.8 Å². The Morgan fingerprint density at radius 2 is 2.17 bits per heavy atom. The minimum atomic E-state index is -0.710. The van der Waals surface area contributed by atoms with Crippen LogP contribution in [0.25, 0.3) is 0 Å². The van der Waals surface area contributed by atoms with E-state index in [1.54, 1.807) is 31.6 Å². The minimum absolute atomic E-state index is 0.148. The lowest BCUT2D eigenvalue weighted by molar-refractivity contribution is 0.0714. The molecule has 124 valence electrons. The Bertz CT molecular complexity index is 673. The largest absolute Gasteiger partial charge is 0.390 e. The van der Waals surface area contributed by atoms with Crippen LogP contribution in [0, 0.1) is 0 Å². The number of benzene rings is 1. The van der Waals surface area contributed by atoms with E-state index >= 15 is 0 Å². The summed E-state index contributed by atoms with van der Waals surface area (Å²) in [6, 6.07) is 7.25. The fourth-order valence-electron chi connectivity index (χ4n) is 2.36. The Morgan fingerprint density at radius 1 is 1.43 bits per heavy atom. The van der Waals surface area contributed by atoms with E-state index in [1.165, 1.54) is 6.33 Å². The first-order valence-corrected chi connectivity index (χ1v) is 7.72. The van der Waals surface area contributed by atoms with E-state index in [9.17, 15) is 9.90 Å². The minimum Gasteiger partial charge on any atom is -0.390 e. The lowest BCUT2D eigenvalue weighted by atomic mass is 9.98. The van der Waals surface area contributed by atoms with Gasteiger partial charge in [-0.3, -0.25) is 9.48 Å². The van der Waals surface area contributed by atoms with Gasteiger partial charge in [0.1, 0.15) is 12.2 Å². The third-order valence-corrected chi connectivity index (χ3v) is 3.70. The Morgan fingerprint density at radius 3 is 2.78 bits per heavy atom. The molecule has 1 amide bonds. The van der Waals surface area contributed by atoms with Crippen LogP contribution in [-0.2, 0) is 13.5 Å². The zero-order chi connectivity index (χ0) is 17.0. The highest BCUT2D eigenvalue weighted by atomic mass is 16.3. The van der Waals surface area contributed by atoms with Crippen molar-refractivity contribution < 1.29 is 9.90 Å². The van der Waals surface area contributed by atoms with Crippen LogP contribution in [0.2, 0.25) is 0 Å². The molecule has 2 rings (SSSR count). The molecule has 6 nitrogen and oxygen atoms in total. The molecule has 0 fully saturated rings. The number of hydrogen-bond acceptors (Lipinski definition) is 4. The summed E-state index contributed by atoms with van der Waals surface area (Å²) in [6.07, 6.45) is 2.84. The van der Waals surface area contributed by atoms with Crippen molar-refractivity contribution in [2.24, 2.45) is 7.05 Å². The van der Waals surface area contributed by atoms with Gasteiger partial charge in [0.25, 0.3) is 5.91 Å². The van der Waals surface area contributed by atoms with Gasteiger partial charge in [0.2, 0.25) is 0 Å². The van der Waals surface area contributed by atoms with Gasteiger partial charge < -0.3 is 10.4 Å². The molecule has 0 spiro atoms. The standard InChI is InChI=1S/C17H24N4O2/c1-12(15-18-11-19-21(15)4)20-16(22)14-7-5-6-13(10-14)8-9-17(2,3)23/h5-7,10-12,23H,8-9H2,1-4H3,(H,20,22)/t12-/m1/s1. The number of rotatable bonds is 6. The van der Waals surface area contributed by atoms with Crippen molar-refractivity contribution in [3.63, 3.8) is 0 Å². The zero-order valence-electron chi connectivity index (χ0n) is 14.1. The van der Waals surface area contributed by atoms with Gasteiger partial charge in [0.05, 0.1) is 11.6 Å². The molecule has 2 aromatic rings. The van der Waals surface area contributed by atoms with Gasteiger partial charge in [-0.2, -0.15) is 5.10 Å². The third kappa shape index (κ3) is 4.89. The predicted octanol–water partition coefficient (Wildman–Crippen LogP) is 2.01. The molecule has 23 heavy (non-hydrogen) atoms. The molecule has 0 aliphatic heterocycles. The number of carbonyl (C=O) groups is 1. The fourth-order valence-corrected chi connectivity index (χ4v) is 2.36. The van der Waals surface area contributed by atoms with Gasteiger partial charge in [0.15, 0.2) is 0 Å². The molecule has 0 aliphatic rings. The molecule has 1 aromatic carbocycles. The summed E-state index contributed by atoms with van der Waals surface area (Å²) in [7, 11) is 1.79. The van der Waals surface area contributed by atoms with Crippen molar-refractivity contribution in [1.82, 2.24) is 20.1 Å². The lowest BCUT2D eigenvalue weighted by Crippen LogP contribution is -2.28. The first-order chi connectivity index (χ1) is 10.8. The summed E-state index contributed by atoms with van der Waals surface area (Å²) >= 11 is 0. The Labute approximate surface area is 136 Å². The van der Waals surface area contributed by atoms with Gasteiger partial charge >= 0.3 is 0 Å². The van der Waals surface area contributed by atoms with Gasteiger partial charge in [-0.1, -0.05) is 12.1 Å². The van der Waals surface area contributed by atoms with Crippen LogP contribution in [0.3, 0.4) is 0 Å². The number of aromatic nitrogens is 3. The van der Waals surface area contributed by atoms with Gasteiger partial charge in [-0.25, -0.2) is 4.98 Å². The molecule has 0 bridgehead atoms. The number of hydrogen-bond donors (Lipinski definition) is 2. The van der Waals surface area contributed by atoms with Crippen LogP contribution in [0.4, 0.5) is 0 Å². The van der Waals surface area contributed by atoms with Crippen molar-refractivity contribution in [1.29, 1.82) is 0 Å². The zero-order valence-corrected chi connectivity index (χ0v) is 14.1. The summed E-state index contributed by atoms with van der Waals surface area (Å²) in [6.45, 7) is 5.44. The Kier molecular flexibility index (Phi) is 5.15. The molecular formula is C17H24N4O2. The maximum absolute atomic E-state index is 12.4. The second-order valence-corrected chi connectivity index (χ2v) is 6.45. The number of carbonyl (C=O) groups excluding carboxylic acids is 1. The molecule has 0 saturated carbocycles. The van der Waals surface area contributed by atoms with Crippen molar-refractivity contribution in [3.8, 4) is 0 Å². The van der Waals surface area contributed by atoms with Crippen LogP contribution < -0.4 is 5.32 Å². The SMILES string of the molecule is C[C@@H](NC(=O)c1cccc(CCC(C)(C)O)c1)c1ncnn1C. The summed E-state index contributed by atoms with van der Waals surface area (Å²) in [5, 5.41) is 16.8.